The summed E-state index contributed by atoms with van der Waals surface area (Å²) in [6.45, 7) is 0. The minimum Gasteiger partial charge on any atom is -0.478 e. The van der Waals surface area contributed by atoms with Crippen LogP contribution in [0.4, 0.5) is 0 Å². The molecule has 0 aliphatic heterocycles. The van der Waals surface area contributed by atoms with Crippen molar-refractivity contribution in [2.75, 3.05) is 0 Å². The van der Waals surface area contributed by atoms with E-state index in [1.165, 1.54) is 24.3 Å². The van der Waals surface area contributed by atoms with Gasteiger partial charge < -0.3 is 15.9 Å². The fourth-order valence-electron chi connectivity index (χ4n) is 2.05. The van der Waals surface area contributed by atoms with Crippen molar-refractivity contribution < 1.29 is 19.8 Å². The predicted molar refractivity (Wildman–Crippen MR) is 78.3 cm³/mol. The van der Waals surface area contributed by atoms with E-state index in [0.29, 0.717) is 0 Å². The third kappa shape index (κ3) is 2.99. The first-order chi connectivity index (χ1) is 9.95. The van der Waals surface area contributed by atoms with Gasteiger partial charge in [-0.2, -0.15) is 0 Å². The molecule has 5 heteroatoms. The van der Waals surface area contributed by atoms with Gasteiger partial charge in [-0.3, -0.25) is 4.79 Å². The SMILES string of the molecule is NC1C(C(=O)O)=CC=CC1(O)C(=O)/C=C/c1ccccc1. The molecule has 2 rings (SSSR count). The minimum absolute atomic E-state index is 0.207. The Morgan fingerprint density at radius 1 is 1.24 bits per heavy atom. The molecule has 0 bridgehead atoms. The van der Waals surface area contributed by atoms with Crippen LogP contribution in [-0.4, -0.2) is 33.6 Å². The highest BCUT2D eigenvalue weighted by Gasteiger charge is 2.43. The van der Waals surface area contributed by atoms with Crippen molar-refractivity contribution in [2.24, 2.45) is 5.73 Å². The van der Waals surface area contributed by atoms with Gasteiger partial charge in [-0.05, 0) is 17.7 Å². The first-order valence-electron chi connectivity index (χ1n) is 6.33. The van der Waals surface area contributed by atoms with Gasteiger partial charge in [-0.1, -0.05) is 48.6 Å². The maximum atomic E-state index is 12.2. The molecule has 108 valence electrons. The topological polar surface area (TPSA) is 101 Å². The molecule has 4 N–H and O–H groups in total. The Labute approximate surface area is 121 Å². The summed E-state index contributed by atoms with van der Waals surface area (Å²) >= 11 is 0. The number of carboxylic acids is 1. The monoisotopic (exact) mass is 285 g/mol. The number of hydrogen-bond donors (Lipinski definition) is 3. The summed E-state index contributed by atoms with van der Waals surface area (Å²) in [6.07, 6.45) is 6.54. The number of rotatable bonds is 4. The lowest BCUT2D eigenvalue weighted by atomic mass is 9.81. The van der Waals surface area contributed by atoms with E-state index < -0.39 is 23.4 Å². The average Bonchev–Trinajstić information content (AvgIpc) is 2.48. The quantitative estimate of drug-likeness (QED) is 0.714. The van der Waals surface area contributed by atoms with Crippen LogP contribution in [0.1, 0.15) is 5.56 Å². The number of carbonyl (C=O) groups excluding carboxylic acids is 1. The van der Waals surface area contributed by atoms with Crippen molar-refractivity contribution >= 4 is 17.8 Å². The summed E-state index contributed by atoms with van der Waals surface area (Å²) in [6, 6.07) is 7.76. The largest absolute Gasteiger partial charge is 0.478 e. The lowest BCUT2D eigenvalue weighted by Crippen LogP contribution is -2.55. The first-order valence-corrected chi connectivity index (χ1v) is 6.33. The highest BCUT2D eigenvalue weighted by atomic mass is 16.4. The van der Waals surface area contributed by atoms with Crippen LogP contribution in [0.2, 0.25) is 0 Å². The van der Waals surface area contributed by atoms with Gasteiger partial charge in [0.2, 0.25) is 0 Å². The summed E-state index contributed by atoms with van der Waals surface area (Å²) in [5, 5.41) is 19.4. The number of hydrogen-bond acceptors (Lipinski definition) is 4. The zero-order valence-corrected chi connectivity index (χ0v) is 11.1. The Balaban J connectivity index is 2.23. The molecule has 0 saturated heterocycles. The molecule has 0 fully saturated rings. The Bertz CT molecular complexity index is 646. The number of aliphatic hydroxyl groups is 1. The van der Waals surface area contributed by atoms with Gasteiger partial charge in [0.05, 0.1) is 11.6 Å². The second-order valence-electron chi connectivity index (χ2n) is 4.70. The minimum atomic E-state index is -2.05. The number of carbonyl (C=O) groups is 2. The first kappa shape index (κ1) is 14.9. The molecule has 5 nitrogen and oxygen atoms in total. The molecule has 1 aromatic carbocycles. The lowest BCUT2D eigenvalue weighted by molar-refractivity contribution is -0.134. The van der Waals surface area contributed by atoms with Crippen LogP contribution in [-0.2, 0) is 9.59 Å². The fourth-order valence-corrected chi connectivity index (χ4v) is 2.05. The van der Waals surface area contributed by atoms with Crippen LogP contribution in [0.25, 0.3) is 6.08 Å². The van der Waals surface area contributed by atoms with E-state index >= 15 is 0 Å². The van der Waals surface area contributed by atoms with Crippen molar-refractivity contribution in [3.8, 4) is 0 Å². The molecule has 0 amide bonds. The smallest absolute Gasteiger partial charge is 0.333 e. The van der Waals surface area contributed by atoms with Gasteiger partial charge in [0, 0.05) is 0 Å². The molecule has 2 atom stereocenters. The molecule has 0 heterocycles. The molecule has 1 aromatic rings. The number of aliphatic carboxylic acids is 1. The molecular weight excluding hydrogens is 270 g/mol. The van der Waals surface area contributed by atoms with Gasteiger partial charge in [0.1, 0.15) is 0 Å². The molecular formula is C16H15NO4. The standard InChI is InChI=1S/C16H15NO4/c17-14-12(15(19)20)7-4-10-16(14,21)13(18)9-8-11-5-2-1-3-6-11/h1-10,14,21H,17H2,(H,19,20)/b9-8+. The summed E-state index contributed by atoms with van der Waals surface area (Å²) < 4.78 is 0. The van der Waals surface area contributed by atoms with Gasteiger partial charge >= 0.3 is 5.97 Å². The van der Waals surface area contributed by atoms with Gasteiger partial charge in [0.25, 0.3) is 0 Å². The summed E-state index contributed by atoms with van der Waals surface area (Å²) in [7, 11) is 0. The molecule has 1 aliphatic carbocycles. The average molecular weight is 285 g/mol. The Kier molecular flexibility index (Phi) is 4.16. The zero-order valence-electron chi connectivity index (χ0n) is 11.1. The van der Waals surface area contributed by atoms with E-state index in [4.69, 9.17) is 10.8 Å². The third-order valence-corrected chi connectivity index (χ3v) is 3.30. The van der Waals surface area contributed by atoms with E-state index in [0.717, 1.165) is 5.56 Å². The van der Waals surface area contributed by atoms with E-state index in [2.05, 4.69) is 0 Å². The second-order valence-corrected chi connectivity index (χ2v) is 4.70. The van der Waals surface area contributed by atoms with Crippen LogP contribution in [0, 0.1) is 0 Å². The highest BCUT2D eigenvalue weighted by Crippen LogP contribution is 2.24. The lowest BCUT2D eigenvalue weighted by Gasteiger charge is -2.31. The zero-order chi connectivity index (χ0) is 15.5. The Morgan fingerprint density at radius 2 is 1.90 bits per heavy atom. The second kappa shape index (κ2) is 5.87. The van der Waals surface area contributed by atoms with Gasteiger partial charge in [0.15, 0.2) is 11.4 Å². The van der Waals surface area contributed by atoms with E-state index in [-0.39, 0.29) is 5.57 Å². The van der Waals surface area contributed by atoms with Crippen LogP contribution in [0.15, 0.2) is 60.2 Å². The molecule has 2 unspecified atom stereocenters. The van der Waals surface area contributed by atoms with Crippen LogP contribution in [0.3, 0.4) is 0 Å². The molecule has 0 radical (unpaired) electrons. The maximum Gasteiger partial charge on any atom is 0.333 e. The maximum absolute atomic E-state index is 12.2. The highest BCUT2D eigenvalue weighted by molar-refractivity contribution is 6.04. The molecule has 0 saturated carbocycles. The normalized spacial score (nSPS) is 24.9. The van der Waals surface area contributed by atoms with E-state index in [1.54, 1.807) is 18.2 Å². The molecule has 1 aliphatic rings. The molecule has 21 heavy (non-hydrogen) atoms. The van der Waals surface area contributed by atoms with Crippen LogP contribution < -0.4 is 5.73 Å². The molecule has 0 spiro atoms. The fraction of sp³-hybridized carbons (Fsp3) is 0.125. The van der Waals surface area contributed by atoms with Crippen molar-refractivity contribution in [1.82, 2.24) is 0 Å². The number of nitrogens with two attached hydrogens (primary N) is 1. The van der Waals surface area contributed by atoms with Gasteiger partial charge in [-0.15, -0.1) is 0 Å². The van der Waals surface area contributed by atoms with E-state index in [1.807, 2.05) is 18.2 Å². The van der Waals surface area contributed by atoms with E-state index in [9.17, 15) is 14.7 Å². The van der Waals surface area contributed by atoms with Crippen LogP contribution >= 0.6 is 0 Å². The summed E-state index contributed by atoms with van der Waals surface area (Å²) in [4.78, 5) is 23.2. The third-order valence-electron chi connectivity index (χ3n) is 3.30. The van der Waals surface area contributed by atoms with Crippen molar-refractivity contribution in [3.63, 3.8) is 0 Å². The Hall–Kier alpha value is -2.50. The van der Waals surface area contributed by atoms with Crippen molar-refractivity contribution in [1.29, 1.82) is 0 Å². The number of benzene rings is 1. The molecule has 0 aromatic heterocycles. The van der Waals surface area contributed by atoms with Crippen LogP contribution in [0.5, 0.6) is 0 Å². The summed E-state index contributed by atoms with van der Waals surface area (Å²) in [5.41, 5.74) is 4.26. The number of ketones is 1. The number of carboxylic acid groups (broad SMARTS) is 1. The number of allylic oxidation sites excluding steroid dienone is 2. The Morgan fingerprint density at radius 3 is 2.52 bits per heavy atom. The van der Waals surface area contributed by atoms with Crippen molar-refractivity contribution in [3.05, 3.63) is 65.8 Å². The summed E-state index contributed by atoms with van der Waals surface area (Å²) in [5.74, 6) is -1.92. The predicted octanol–water partition coefficient (Wildman–Crippen LogP) is 0.908. The van der Waals surface area contributed by atoms with Gasteiger partial charge in [-0.25, -0.2) is 4.79 Å². The van der Waals surface area contributed by atoms with Crippen molar-refractivity contribution in [2.45, 2.75) is 11.6 Å².